The van der Waals surface area contributed by atoms with E-state index in [4.69, 9.17) is 5.26 Å². The summed E-state index contributed by atoms with van der Waals surface area (Å²) >= 11 is 0. The van der Waals surface area contributed by atoms with Crippen molar-refractivity contribution in [3.8, 4) is 6.07 Å². The van der Waals surface area contributed by atoms with Crippen LogP contribution in [0.3, 0.4) is 0 Å². The molecule has 1 fully saturated rings. The number of nitriles is 1. The number of aromatic nitrogens is 3. The van der Waals surface area contributed by atoms with Crippen molar-refractivity contribution in [3.05, 3.63) is 11.4 Å². The molecule has 0 aliphatic heterocycles. The molecule has 1 aromatic rings. The Labute approximate surface area is 101 Å². The van der Waals surface area contributed by atoms with E-state index in [2.05, 4.69) is 16.4 Å². The summed E-state index contributed by atoms with van der Waals surface area (Å²) in [4.78, 5) is 0. The summed E-state index contributed by atoms with van der Waals surface area (Å²) < 4.78 is 1.81. The van der Waals surface area contributed by atoms with E-state index in [0.717, 1.165) is 24.2 Å². The van der Waals surface area contributed by atoms with Gasteiger partial charge in [0.05, 0.1) is 30.8 Å². The fourth-order valence-corrected chi connectivity index (χ4v) is 2.56. The van der Waals surface area contributed by atoms with Crippen molar-refractivity contribution in [1.29, 1.82) is 5.26 Å². The van der Waals surface area contributed by atoms with Gasteiger partial charge in [-0.2, -0.15) is 5.26 Å². The first kappa shape index (κ1) is 12.1. The molecule has 0 aromatic carbocycles. The van der Waals surface area contributed by atoms with Crippen molar-refractivity contribution in [1.82, 2.24) is 15.0 Å². The minimum absolute atomic E-state index is 0.0507. The predicted molar refractivity (Wildman–Crippen MR) is 62.3 cm³/mol. The molecular formula is C12H18N4O. The van der Waals surface area contributed by atoms with Gasteiger partial charge in [-0.15, -0.1) is 5.10 Å². The molecule has 5 nitrogen and oxygen atoms in total. The van der Waals surface area contributed by atoms with Crippen molar-refractivity contribution in [3.63, 3.8) is 0 Å². The zero-order valence-corrected chi connectivity index (χ0v) is 10.1. The van der Waals surface area contributed by atoms with Crippen LogP contribution >= 0.6 is 0 Å². The standard InChI is InChI=1S/C12H18N4O/c1-9(8-17)16-12(10-4-2-3-5-10)11(6-7-13)14-15-16/h9-10,17H,2-6,8H2,1H3. The maximum Gasteiger partial charge on any atom is 0.100 e. The lowest BCUT2D eigenvalue weighted by Crippen LogP contribution is -2.16. The van der Waals surface area contributed by atoms with Gasteiger partial charge in [0.1, 0.15) is 5.69 Å². The molecule has 1 aliphatic rings. The molecule has 0 spiro atoms. The second kappa shape index (κ2) is 5.28. The third kappa shape index (κ3) is 2.32. The van der Waals surface area contributed by atoms with Gasteiger partial charge in [0, 0.05) is 5.92 Å². The first-order valence-corrected chi connectivity index (χ1v) is 6.19. The average molecular weight is 234 g/mol. The van der Waals surface area contributed by atoms with Crippen LogP contribution in [0.5, 0.6) is 0 Å². The molecule has 92 valence electrons. The molecule has 0 saturated heterocycles. The Balaban J connectivity index is 2.35. The van der Waals surface area contributed by atoms with Crippen molar-refractivity contribution < 1.29 is 5.11 Å². The maximum absolute atomic E-state index is 9.24. The molecule has 0 bridgehead atoms. The first-order valence-electron chi connectivity index (χ1n) is 6.19. The lowest BCUT2D eigenvalue weighted by molar-refractivity contribution is 0.224. The number of rotatable bonds is 4. The molecule has 1 N–H and O–H groups in total. The quantitative estimate of drug-likeness (QED) is 0.857. The second-order valence-corrected chi connectivity index (χ2v) is 4.71. The van der Waals surface area contributed by atoms with Gasteiger partial charge in [0.25, 0.3) is 0 Å². The van der Waals surface area contributed by atoms with E-state index in [1.807, 2.05) is 11.6 Å². The Morgan fingerprint density at radius 1 is 1.53 bits per heavy atom. The molecule has 1 saturated carbocycles. The van der Waals surface area contributed by atoms with Crippen molar-refractivity contribution in [2.75, 3.05) is 6.61 Å². The van der Waals surface area contributed by atoms with Crippen LogP contribution in [-0.2, 0) is 6.42 Å². The summed E-state index contributed by atoms with van der Waals surface area (Å²) in [5, 5.41) is 26.3. The minimum atomic E-state index is -0.0643. The predicted octanol–water partition coefficient (Wildman–Crippen LogP) is 1.56. The van der Waals surface area contributed by atoms with Crippen LogP contribution in [0.4, 0.5) is 0 Å². The maximum atomic E-state index is 9.24. The smallest absolute Gasteiger partial charge is 0.100 e. The first-order chi connectivity index (χ1) is 8.27. The van der Waals surface area contributed by atoms with Crippen LogP contribution in [0.25, 0.3) is 0 Å². The Kier molecular flexibility index (Phi) is 3.75. The molecule has 17 heavy (non-hydrogen) atoms. The Bertz CT molecular complexity index is 415. The Morgan fingerprint density at radius 3 is 2.82 bits per heavy atom. The molecular weight excluding hydrogens is 216 g/mol. The molecule has 0 radical (unpaired) electrons. The largest absolute Gasteiger partial charge is 0.394 e. The summed E-state index contributed by atoms with van der Waals surface area (Å²) in [6.07, 6.45) is 5.06. The summed E-state index contributed by atoms with van der Waals surface area (Å²) in [6, 6.07) is 2.08. The Morgan fingerprint density at radius 2 is 2.24 bits per heavy atom. The van der Waals surface area contributed by atoms with Gasteiger partial charge >= 0.3 is 0 Å². The fourth-order valence-electron chi connectivity index (χ4n) is 2.56. The number of aliphatic hydroxyl groups excluding tert-OH is 1. The van der Waals surface area contributed by atoms with Crippen LogP contribution in [0, 0.1) is 11.3 Å². The average Bonchev–Trinajstić information content (AvgIpc) is 2.96. The normalized spacial score (nSPS) is 18.2. The second-order valence-electron chi connectivity index (χ2n) is 4.71. The van der Waals surface area contributed by atoms with E-state index in [9.17, 15) is 5.11 Å². The van der Waals surface area contributed by atoms with Crippen LogP contribution in [0.15, 0.2) is 0 Å². The van der Waals surface area contributed by atoms with Crippen LogP contribution < -0.4 is 0 Å². The Hall–Kier alpha value is -1.41. The highest BCUT2D eigenvalue weighted by atomic mass is 16.3. The lowest BCUT2D eigenvalue weighted by atomic mass is 10.0. The van der Waals surface area contributed by atoms with E-state index < -0.39 is 0 Å². The van der Waals surface area contributed by atoms with Gasteiger partial charge in [-0.1, -0.05) is 18.1 Å². The van der Waals surface area contributed by atoms with E-state index in [1.165, 1.54) is 12.8 Å². The molecule has 1 aliphatic carbocycles. The molecule has 1 unspecified atom stereocenters. The summed E-state index contributed by atoms with van der Waals surface area (Å²) in [5.74, 6) is 0.461. The zero-order chi connectivity index (χ0) is 12.3. The fraction of sp³-hybridized carbons (Fsp3) is 0.750. The zero-order valence-electron chi connectivity index (χ0n) is 10.1. The third-order valence-corrected chi connectivity index (χ3v) is 3.47. The molecule has 2 rings (SSSR count). The van der Waals surface area contributed by atoms with Gasteiger partial charge < -0.3 is 5.11 Å². The number of hydrogen-bond acceptors (Lipinski definition) is 4. The van der Waals surface area contributed by atoms with E-state index in [-0.39, 0.29) is 12.6 Å². The summed E-state index contributed by atoms with van der Waals surface area (Å²) in [6.45, 7) is 1.97. The van der Waals surface area contributed by atoms with Crippen LogP contribution in [0.2, 0.25) is 0 Å². The van der Waals surface area contributed by atoms with Crippen LogP contribution in [-0.4, -0.2) is 26.7 Å². The molecule has 0 amide bonds. The van der Waals surface area contributed by atoms with Gasteiger partial charge in [-0.25, -0.2) is 4.68 Å². The van der Waals surface area contributed by atoms with Crippen molar-refractivity contribution in [2.24, 2.45) is 0 Å². The SMILES string of the molecule is CC(CO)n1nnc(CC#N)c1C1CCCC1. The number of nitrogens with zero attached hydrogens (tertiary/aromatic N) is 4. The van der Waals surface area contributed by atoms with Gasteiger partial charge in [-0.3, -0.25) is 0 Å². The van der Waals surface area contributed by atoms with Crippen LogP contribution in [0.1, 0.15) is 56.0 Å². The summed E-state index contributed by atoms with van der Waals surface area (Å²) in [7, 11) is 0. The third-order valence-electron chi connectivity index (χ3n) is 3.47. The topological polar surface area (TPSA) is 74.7 Å². The monoisotopic (exact) mass is 234 g/mol. The summed E-state index contributed by atoms with van der Waals surface area (Å²) in [5.41, 5.74) is 1.87. The van der Waals surface area contributed by atoms with Gasteiger partial charge in [-0.05, 0) is 19.8 Å². The highest BCUT2D eigenvalue weighted by Crippen LogP contribution is 2.36. The van der Waals surface area contributed by atoms with E-state index in [0.29, 0.717) is 12.3 Å². The number of hydrogen-bond donors (Lipinski definition) is 1. The van der Waals surface area contributed by atoms with Gasteiger partial charge in [0.2, 0.25) is 0 Å². The highest BCUT2D eigenvalue weighted by Gasteiger charge is 2.26. The van der Waals surface area contributed by atoms with E-state index >= 15 is 0 Å². The number of aliphatic hydroxyl groups is 1. The molecule has 1 heterocycles. The highest BCUT2D eigenvalue weighted by molar-refractivity contribution is 5.20. The lowest BCUT2D eigenvalue weighted by Gasteiger charge is -2.16. The minimum Gasteiger partial charge on any atom is -0.394 e. The van der Waals surface area contributed by atoms with Gasteiger partial charge in [0.15, 0.2) is 0 Å². The molecule has 1 atom stereocenters. The van der Waals surface area contributed by atoms with E-state index in [1.54, 1.807) is 0 Å². The molecule has 1 aromatic heterocycles. The van der Waals surface area contributed by atoms with Crippen molar-refractivity contribution >= 4 is 0 Å². The van der Waals surface area contributed by atoms with Crippen molar-refractivity contribution in [2.45, 2.75) is 51.0 Å². The molecule has 5 heteroatoms.